The van der Waals surface area contributed by atoms with Crippen LogP contribution in [-0.2, 0) is 4.79 Å². The van der Waals surface area contributed by atoms with Gasteiger partial charge in [0.1, 0.15) is 5.60 Å². The zero-order valence-electron chi connectivity index (χ0n) is 6.92. The predicted octanol–water partition coefficient (Wildman–Crippen LogP) is -0.883. The summed E-state index contributed by atoms with van der Waals surface area (Å²) >= 11 is 0. The number of piperidine rings is 1. The highest BCUT2D eigenvalue weighted by atomic mass is 16.3. The van der Waals surface area contributed by atoms with Gasteiger partial charge in [-0.15, -0.1) is 0 Å². The monoisotopic (exact) mass is 170 g/mol. The Morgan fingerprint density at radius 3 is 2.33 bits per heavy atom. The topological polar surface area (TPSA) is 75.4 Å². The van der Waals surface area contributed by atoms with Crippen molar-refractivity contribution < 1.29 is 9.90 Å². The van der Waals surface area contributed by atoms with Gasteiger partial charge in [0.2, 0.25) is 5.91 Å². The molecular formula is C8H14N2O2. The number of nitrogens with two attached hydrogens (primary N) is 1. The number of aliphatic hydroxyl groups is 1. The molecule has 2 aliphatic heterocycles. The Hall–Kier alpha value is -0.610. The van der Waals surface area contributed by atoms with Crippen LogP contribution in [0.1, 0.15) is 25.7 Å². The summed E-state index contributed by atoms with van der Waals surface area (Å²) in [5.41, 5.74) is 3.90. The SMILES string of the molecule is NC(=O)C1(O)CC2CCC(C1)N2. The van der Waals surface area contributed by atoms with Crippen LogP contribution in [0, 0.1) is 0 Å². The second-order valence-electron chi connectivity index (χ2n) is 3.94. The van der Waals surface area contributed by atoms with Crippen molar-refractivity contribution in [2.75, 3.05) is 0 Å². The first-order chi connectivity index (χ1) is 5.60. The molecule has 0 aliphatic carbocycles. The van der Waals surface area contributed by atoms with Gasteiger partial charge >= 0.3 is 0 Å². The van der Waals surface area contributed by atoms with Gasteiger partial charge in [-0.2, -0.15) is 0 Å². The number of rotatable bonds is 1. The largest absolute Gasteiger partial charge is 0.380 e. The lowest BCUT2D eigenvalue weighted by Gasteiger charge is -2.34. The molecule has 0 spiro atoms. The number of fused-ring (bicyclic) bond motifs is 2. The highest BCUT2D eigenvalue weighted by Gasteiger charge is 2.45. The number of carbonyl (C=O) groups is 1. The van der Waals surface area contributed by atoms with Crippen molar-refractivity contribution in [3.63, 3.8) is 0 Å². The van der Waals surface area contributed by atoms with Crippen LogP contribution in [0.5, 0.6) is 0 Å². The first kappa shape index (κ1) is 8.01. The van der Waals surface area contributed by atoms with Crippen molar-refractivity contribution in [1.29, 1.82) is 0 Å². The van der Waals surface area contributed by atoms with Gasteiger partial charge in [0.15, 0.2) is 0 Å². The summed E-state index contributed by atoms with van der Waals surface area (Å²) in [6.45, 7) is 0. The third-order valence-electron chi connectivity index (χ3n) is 2.96. The molecule has 0 aromatic carbocycles. The number of carbonyl (C=O) groups excluding carboxylic acids is 1. The quantitative estimate of drug-likeness (QED) is 0.478. The van der Waals surface area contributed by atoms with Gasteiger partial charge in [-0.1, -0.05) is 0 Å². The van der Waals surface area contributed by atoms with E-state index in [9.17, 15) is 9.90 Å². The second kappa shape index (κ2) is 2.44. The summed E-state index contributed by atoms with van der Waals surface area (Å²) in [7, 11) is 0. The lowest BCUT2D eigenvalue weighted by molar-refractivity contribution is -0.140. The Morgan fingerprint density at radius 2 is 1.92 bits per heavy atom. The van der Waals surface area contributed by atoms with Crippen LogP contribution in [0.3, 0.4) is 0 Å². The van der Waals surface area contributed by atoms with Crippen molar-refractivity contribution in [3.8, 4) is 0 Å². The summed E-state index contributed by atoms with van der Waals surface area (Å²) in [4.78, 5) is 10.9. The smallest absolute Gasteiger partial charge is 0.249 e. The van der Waals surface area contributed by atoms with Gasteiger partial charge in [0, 0.05) is 24.9 Å². The van der Waals surface area contributed by atoms with E-state index in [0.717, 1.165) is 12.8 Å². The van der Waals surface area contributed by atoms with Gasteiger partial charge in [-0.05, 0) is 12.8 Å². The molecule has 2 atom stereocenters. The number of hydrogen-bond donors (Lipinski definition) is 3. The molecule has 1 amide bonds. The lowest BCUT2D eigenvalue weighted by Crippen LogP contribution is -2.55. The van der Waals surface area contributed by atoms with E-state index in [1.54, 1.807) is 0 Å². The minimum absolute atomic E-state index is 0.293. The molecule has 0 saturated carbocycles. The standard InChI is InChI=1S/C8H14N2O2/c9-7(11)8(12)3-5-1-2-6(4-8)10-5/h5-6,10,12H,1-4H2,(H2,9,11). The number of hydrogen-bond acceptors (Lipinski definition) is 3. The summed E-state index contributed by atoms with van der Waals surface area (Å²) in [5.74, 6) is -0.569. The van der Waals surface area contributed by atoms with Gasteiger partial charge in [-0.25, -0.2) is 0 Å². The Labute approximate surface area is 71.1 Å². The van der Waals surface area contributed by atoms with Gasteiger partial charge in [0.25, 0.3) is 0 Å². The lowest BCUT2D eigenvalue weighted by atomic mass is 9.87. The van der Waals surface area contributed by atoms with Crippen LogP contribution < -0.4 is 11.1 Å². The fraction of sp³-hybridized carbons (Fsp3) is 0.875. The van der Waals surface area contributed by atoms with Crippen molar-refractivity contribution in [2.24, 2.45) is 5.73 Å². The number of amides is 1. The van der Waals surface area contributed by atoms with Crippen LogP contribution in [0.4, 0.5) is 0 Å². The van der Waals surface area contributed by atoms with Crippen molar-refractivity contribution in [1.82, 2.24) is 5.32 Å². The molecule has 2 saturated heterocycles. The third kappa shape index (κ3) is 1.11. The molecule has 2 bridgehead atoms. The number of nitrogens with one attached hydrogen (secondary N) is 1. The second-order valence-corrected chi connectivity index (χ2v) is 3.94. The van der Waals surface area contributed by atoms with E-state index in [-0.39, 0.29) is 0 Å². The maximum atomic E-state index is 10.9. The summed E-state index contributed by atoms with van der Waals surface area (Å²) in [6, 6.07) is 0.586. The third-order valence-corrected chi connectivity index (χ3v) is 2.96. The molecule has 2 aliphatic rings. The van der Waals surface area contributed by atoms with E-state index in [4.69, 9.17) is 5.73 Å². The van der Waals surface area contributed by atoms with Crippen molar-refractivity contribution in [2.45, 2.75) is 43.4 Å². The molecule has 2 unspecified atom stereocenters. The van der Waals surface area contributed by atoms with Crippen LogP contribution >= 0.6 is 0 Å². The zero-order chi connectivity index (χ0) is 8.77. The molecular weight excluding hydrogens is 156 g/mol. The van der Waals surface area contributed by atoms with Gasteiger partial charge in [-0.3, -0.25) is 4.79 Å². The van der Waals surface area contributed by atoms with Crippen LogP contribution in [0.2, 0.25) is 0 Å². The molecule has 68 valence electrons. The molecule has 4 heteroatoms. The zero-order valence-corrected chi connectivity index (χ0v) is 6.92. The highest BCUT2D eigenvalue weighted by Crippen LogP contribution is 2.33. The fourth-order valence-electron chi connectivity index (χ4n) is 2.32. The van der Waals surface area contributed by atoms with E-state index in [0.29, 0.717) is 24.9 Å². The van der Waals surface area contributed by atoms with Gasteiger partial charge < -0.3 is 16.2 Å². The fourth-order valence-corrected chi connectivity index (χ4v) is 2.32. The van der Waals surface area contributed by atoms with Crippen LogP contribution in [0.15, 0.2) is 0 Å². The first-order valence-corrected chi connectivity index (χ1v) is 4.38. The van der Waals surface area contributed by atoms with Crippen LogP contribution in [0.25, 0.3) is 0 Å². The minimum atomic E-state index is -1.24. The molecule has 0 aromatic heterocycles. The van der Waals surface area contributed by atoms with Gasteiger partial charge in [0.05, 0.1) is 0 Å². The average Bonchev–Trinajstić information content (AvgIpc) is 2.30. The molecule has 2 rings (SSSR count). The Balaban J connectivity index is 2.15. The van der Waals surface area contributed by atoms with E-state index in [1.165, 1.54) is 0 Å². The summed E-state index contributed by atoms with van der Waals surface area (Å²) < 4.78 is 0. The normalized spacial score (nSPS) is 46.1. The molecule has 2 fully saturated rings. The van der Waals surface area contributed by atoms with Crippen molar-refractivity contribution in [3.05, 3.63) is 0 Å². The minimum Gasteiger partial charge on any atom is -0.380 e. The molecule has 2 heterocycles. The predicted molar refractivity (Wildman–Crippen MR) is 43.3 cm³/mol. The summed E-state index contributed by atoms with van der Waals surface area (Å²) in [5, 5.41) is 13.1. The Kier molecular flexibility index (Phi) is 1.63. The van der Waals surface area contributed by atoms with E-state index >= 15 is 0 Å². The first-order valence-electron chi connectivity index (χ1n) is 4.38. The number of primary amides is 1. The molecule has 12 heavy (non-hydrogen) atoms. The van der Waals surface area contributed by atoms with Crippen LogP contribution in [-0.4, -0.2) is 28.7 Å². The van der Waals surface area contributed by atoms with E-state index in [2.05, 4.69) is 5.32 Å². The highest BCUT2D eigenvalue weighted by molar-refractivity contribution is 5.83. The van der Waals surface area contributed by atoms with Crippen molar-refractivity contribution >= 4 is 5.91 Å². The summed E-state index contributed by atoms with van der Waals surface area (Å²) in [6.07, 6.45) is 3.08. The van der Waals surface area contributed by atoms with E-state index < -0.39 is 11.5 Å². The maximum absolute atomic E-state index is 10.9. The molecule has 4 nitrogen and oxygen atoms in total. The average molecular weight is 170 g/mol. The maximum Gasteiger partial charge on any atom is 0.249 e. The molecule has 0 aromatic rings. The Morgan fingerprint density at radius 1 is 1.42 bits per heavy atom. The van der Waals surface area contributed by atoms with E-state index in [1.807, 2.05) is 0 Å². The molecule has 4 N–H and O–H groups in total. The Bertz CT molecular complexity index is 205. The molecule has 0 radical (unpaired) electrons.